The van der Waals surface area contributed by atoms with Crippen LogP contribution in [0.5, 0.6) is 0 Å². The third-order valence-electron chi connectivity index (χ3n) is 5.63. The molecular formula is C23H23F3N4O. The number of rotatable bonds is 3. The van der Waals surface area contributed by atoms with Crippen molar-refractivity contribution in [3.63, 3.8) is 0 Å². The topological polar surface area (TPSA) is 41.4 Å². The van der Waals surface area contributed by atoms with Gasteiger partial charge in [-0.15, -0.1) is 0 Å². The van der Waals surface area contributed by atoms with Gasteiger partial charge >= 0.3 is 6.18 Å². The second-order valence-corrected chi connectivity index (χ2v) is 7.62. The Bertz CT molecular complexity index is 1070. The van der Waals surface area contributed by atoms with Crippen molar-refractivity contribution in [1.82, 2.24) is 14.7 Å². The van der Waals surface area contributed by atoms with Crippen molar-refractivity contribution in [2.75, 3.05) is 31.1 Å². The molecule has 1 aliphatic rings. The Kier molecular flexibility index (Phi) is 5.47. The fourth-order valence-corrected chi connectivity index (χ4v) is 3.96. The first kappa shape index (κ1) is 21.0. The first-order valence-electron chi connectivity index (χ1n) is 10.1. The zero-order chi connectivity index (χ0) is 22.2. The van der Waals surface area contributed by atoms with Gasteiger partial charge in [0.2, 0.25) is 0 Å². The highest BCUT2D eigenvalue weighted by atomic mass is 19.4. The summed E-state index contributed by atoms with van der Waals surface area (Å²) in [5.41, 5.74) is 3.03. The Hall–Kier alpha value is -3.29. The summed E-state index contributed by atoms with van der Waals surface area (Å²) in [6.45, 7) is 5.82. The van der Waals surface area contributed by atoms with Crippen LogP contribution in [0.25, 0.3) is 5.69 Å². The predicted octanol–water partition coefficient (Wildman–Crippen LogP) is 4.47. The van der Waals surface area contributed by atoms with Gasteiger partial charge in [0, 0.05) is 31.9 Å². The number of carbonyl (C=O) groups excluding carboxylic acids is 1. The molecule has 162 valence electrons. The van der Waals surface area contributed by atoms with Gasteiger partial charge in [0.05, 0.1) is 28.2 Å². The van der Waals surface area contributed by atoms with Crippen molar-refractivity contribution < 1.29 is 18.0 Å². The maximum Gasteiger partial charge on any atom is 0.416 e. The van der Waals surface area contributed by atoms with Gasteiger partial charge in [-0.25, -0.2) is 4.68 Å². The van der Waals surface area contributed by atoms with Crippen LogP contribution in [0.1, 0.15) is 27.3 Å². The molecule has 5 nitrogen and oxygen atoms in total. The van der Waals surface area contributed by atoms with Gasteiger partial charge in [0.15, 0.2) is 0 Å². The van der Waals surface area contributed by atoms with Crippen LogP contribution in [0.4, 0.5) is 18.9 Å². The molecular weight excluding hydrogens is 405 g/mol. The van der Waals surface area contributed by atoms with Crippen molar-refractivity contribution in [2.24, 2.45) is 0 Å². The summed E-state index contributed by atoms with van der Waals surface area (Å²) in [6.07, 6.45) is -4.34. The number of carbonyl (C=O) groups is 1. The van der Waals surface area contributed by atoms with Gasteiger partial charge in [-0.2, -0.15) is 18.3 Å². The number of halogens is 3. The number of para-hydroxylation sites is 1. The second-order valence-electron chi connectivity index (χ2n) is 7.62. The van der Waals surface area contributed by atoms with E-state index in [1.54, 1.807) is 9.58 Å². The summed E-state index contributed by atoms with van der Waals surface area (Å²) in [5.74, 6) is -0.0655. The Morgan fingerprint density at radius 3 is 2.06 bits per heavy atom. The lowest BCUT2D eigenvalue weighted by Gasteiger charge is -2.36. The fourth-order valence-electron chi connectivity index (χ4n) is 3.96. The number of hydrogen-bond acceptors (Lipinski definition) is 3. The largest absolute Gasteiger partial charge is 0.416 e. The number of alkyl halides is 3. The van der Waals surface area contributed by atoms with Crippen LogP contribution in [0.3, 0.4) is 0 Å². The summed E-state index contributed by atoms with van der Waals surface area (Å²) in [4.78, 5) is 17.0. The molecule has 2 heterocycles. The Labute approximate surface area is 178 Å². The minimum absolute atomic E-state index is 0.0655. The summed E-state index contributed by atoms with van der Waals surface area (Å²) < 4.78 is 40.1. The third kappa shape index (κ3) is 4.15. The minimum atomic E-state index is -4.34. The monoisotopic (exact) mass is 428 g/mol. The standard InChI is InChI=1S/C23H23F3N4O/c1-16-21(17(2)30(27-16)20-6-4-3-5-7-20)22(31)29-14-12-28(13-15-29)19-10-8-18(9-11-19)23(24,25)26/h3-11H,12-15H2,1-2H3. The average Bonchev–Trinajstić information content (AvgIpc) is 3.07. The van der Waals surface area contributed by atoms with Crippen LogP contribution in [0, 0.1) is 13.8 Å². The molecule has 0 spiro atoms. The van der Waals surface area contributed by atoms with E-state index in [-0.39, 0.29) is 5.91 Å². The zero-order valence-electron chi connectivity index (χ0n) is 17.4. The van der Waals surface area contributed by atoms with E-state index in [0.29, 0.717) is 37.4 Å². The summed E-state index contributed by atoms with van der Waals surface area (Å²) in [6, 6.07) is 14.8. The zero-order valence-corrected chi connectivity index (χ0v) is 17.4. The van der Waals surface area contributed by atoms with Crippen molar-refractivity contribution in [3.05, 3.63) is 77.1 Å². The third-order valence-corrected chi connectivity index (χ3v) is 5.63. The lowest BCUT2D eigenvalue weighted by Crippen LogP contribution is -2.49. The summed E-state index contributed by atoms with van der Waals surface area (Å²) in [7, 11) is 0. The van der Waals surface area contributed by atoms with Crippen molar-refractivity contribution in [3.8, 4) is 5.69 Å². The first-order chi connectivity index (χ1) is 14.8. The summed E-state index contributed by atoms with van der Waals surface area (Å²) >= 11 is 0. The van der Waals surface area contributed by atoms with Crippen molar-refractivity contribution in [1.29, 1.82) is 0 Å². The van der Waals surface area contributed by atoms with Crippen LogP contribution < -0.4 is 4.90 Å². The van der Waals surface area contributed by atoms with E-state index < -0.39 is 11.7 Å². The number of hydrogen-bond donors (Lipinski definition) is 0. The number of benzene rings is 2. The predicted molar refractivity (Wildman–Crippen MR) is 113 cm³/mol. The molecule has 0 unspecified atom stereocenters. The molecule has 1 saturated heterocycles. The highest BCUT2D eigenvalue weighted by Gasteiger charge is 2.31. The average molecular weight is 428 g/mol. The van der Waals surface area contributed by atoms with Crippen molar-refractivity contribution in [2.45, 2.75) is 20.0 Å². The number of aryl methyl sites for hydroxylation is 1. The van der Waals surface area contributed by atoms with Gasteiger partial charge < -0.3 is 9.80 Å². The molecule has 0 radical (unpaired) electrons. The molecule has 0 bridgehead atoms. The molecule has 1 aliphatic heterocycles. The van der Waals surface area contributed by atoms with Gasteiger partial charge in [-0.1, -0.05) is 18.2 Å². The quantitative estimate of drug-likeness (QED) is 0.618. The van der Waals surface area contributed by atoms with E-state index >= 15 is 0 Å². The van der Waals surface area contributed by atoms with E-state index in [0.717, 1.165) is 29.2 Å². The SMILES string of the molecule is Cc1nn(-c2ccccc2)c(C)c1C(=O)N1CCN(c2ccc(C(F)(F)F)cc2)CC1. The highest BCUT2D eigenvalue weighted by molar-refractivity contribution is 5.96. The number of aromatic nitrogens is 2. The Balaban J connectivity index is 1.46. The van der Waals surface area contributed by atoms with Gasteiger partial charge in [-0.3, -0.25) is 4.79 Å². The van der Waals surface area contributed by atoms with Gasteiger partial charge in [-0.05, 0) is 50.2 Å². The molecule has 2 aromatic carbocycles. The van der Waals surface area contributed by atoms with Gasteiger partial charge in [0.25, 0.3) is 5.91 Å². The maximum absolute atomic E-state index is 13.2. The van der Waals surface area contributed by atoms with Crippen LogP contribution in [0.2, 0.25) is 0 Å². The molecule has 1 fully saturated rings. The molecule has 1 amide bonds. The second kappa shape index (κ2) is 8.09. The van der Waals surface area contributed by atoms with Crippen LogP contribution in [0.15, 0.2) is 54.6 Å². The van der Waals surface area contributed by atoms with Crippen molar-refractivity contribution >= 4 is 11.6 Å². The Morgan fingerprint density at radius 2 is 1.48 bits per heavy atom. The first-order valence-corrected chi connectivity index (χ1v) is 10.1. The maximum atomic E-state index is 13.2. The Morgan fingerprint density at radius 1 is 0.871 bits per heavy atom. The molecule has 1 aromatic heterocycles. The fraction of sp³-hybridized carbons (Fsp3) is 0.304. The number of amides is 1. The molecule has 3 aromatic rings. The van der Waals surface area contributed by atoms with Gasteiger partial charge in [0.1, 0.15) is 0 Å². The summed E-state index contributed by atoms with van der Waals surface area (Å²) in [5, 5.41) is 4.55. The number of piperazine rings is 1. The molecule has 31 heavy (non-hydrogen) atoms. The van der Waals surface area contributed by atoms with E-state index in [4.69, 9.17) is 0 Å². The van der Waals surface area contributed by atoms with E-state index in [1.165, 1.54) is 12.1 Å². The molecule has 4 rings (SSSR count). The lowest BCUT2D eigenvalue weighted by atomic mass is 10.1. The molecule has 0 N–H and O–H groups in total. The number of anilines is 1. The van der Waals surface area contributed by atoms with Crippen LogP contribution >= 0.6 is 0 Å². The molecule has 0 saturated carbocycles. The number of nitrogens with zero attached hydrogens (tertiary/aromatic N) is 4. The molecule has 0 atom stereocenters. The molecule has 0 aliphatic carbocycles. The lowest BCUT2D eigenvalue weighted by molar-refractivity contribution is -0.137. The van der Waals surface area contributed by atoms with Crippen LogP contribution in [-0.2, 0) is 6.18 Å². The highest BCUT2D eigenvalue weighted by Crippen LogP contribution is 2.31. The van der Waals surface area contributed by atoms with E-state index in [2.05, 4.69) is 5.10 Å². The van der Waals surface area contributed by atoms with E-state index in [9.17, 15) is 18.0 Å². The minimum Gasteiger partial charge on any atom is -0.368 e. The van der Waals surface area contributed by atoms with E-state index in [1.807, 2.05) is 49.1 Å². The molecule has 8 heteroatoms. The normalized spacial score (nSPS) is 14.7. The van der Waals surface area contributed by atoms with Crippen LogP contribution in [-0.4, -0.2) is 46.8 Å². The smallest absolute Gasteiger partial charge is 0.368 e.